The van der Waals surface area contributed by atoms with E-state index in [-0.39, 0.29) is 5.91 Å². The van der Waals surface area contributed by atoms with Crippen molar-refractivity contribution in [2.24, 2.45) is 5.73 Å². The molecule has 4 nitrogen and oxygen atoms in total. The van der Waals surface area contributed by atoms with E-state index in [1.807, 2.05) is 0 Å². The monoisotopic (exact) mass is 241 g/mol. The molecule has 1 saturated carbocycles. The molecule has 0 unspecified atom stereocenters. The van der Waals surface area contributed by atoms with E-state index in [0.29, 0.717) is 13.0 Å². The van der Waals surface area contributed by atoms with E-state index in [1.54, 1.807) is 0 Å². The van der Waals surface area contributed by atoms with Crippen LogP contribution in [0.3, 0.4) is 0 Å². The van der Waals surface area contributed by atoms with Crippen LogP contribution < -0.4 is 11.1 Å². The highest BCUT2D eigenvalue weighted by atomic mass is 16.1. The van der Waals surface area contributed by atoms with E-state index in [9.17, 15) is 4.79 Å². The van der Waals surface area contributed by atoms with Gasteiger partial charge in [-0.1, -0.05) is 12.8 Å². The number of nitrogens with zero attached hydrogens (tertiary/aromatic N) is 1. The molecule has 0 aromatic carbocycles. The molecule has 0 radical (unpaired) electrons. The Morgan fingerprint density at radius 1 is 1.35 bits per heavy atom. The molecule has 0 aromatic rings. The minimum absolute atomic E-state index is 0.165. The van der Waals surface area contributed by atoms with Crippen LogP contribution in [0.1, 0.15) is 44.9 Å². The van der Waals surface area contributed by atoms with Crippen molar-refractivity contribution in [1.29, 1.82) is 0 Å². The molecule has 4 heteroatoms. The lowest BCUT2D eigenvalue weighted by Gasteiger charge is -2.23. The van der Waals surface area contributed by atoms with Gasteiger partial charge >= 0.3 is 0 Å². The first-order valence-electron chi connectivity index (χ1n) is 6.91. The minimum Gasteiger partial charge on any atom is -0.355 e. The number of carbonyl (C=O) groups is 1. The van der Waals surface area contributed by atoms with Gasteiger partial charge in [-0.2, -0.15) is 0 Å². The molecule has 0 heterocycles. The number of amides is 1. The molecule has 0 aromatic heterocycles. The van der Waals surface area contributed by atoms with Gasteiger partial charge in [0.05, 0.1) is 0 Å². The molecule has 1 aliphatic carbocycles. The Hall–Kier alpha value is -0.610. The standard InChI is InChI=1S/C13H27N3O/c1-16(12-6-2-3-7-12)11-10-15-13(17)8-4-5-9-14/h12H,2-11,14H2,1H3,(H,15,17). The summed E-state index contributed by atoms with van der Waals surface area (Å²) in [6, 6.07) is 0.740. The van der Waals surface area contributed by atoms with Crippen molar-refractivity contribution in [2.45, 2.75) is 51.0 Å². The minimum atomic E-state index is 0.165. The number of nitrogens with one attached hydrogen (secondary N) is 1. The molecule has 1 rings (SSSR count). The number of rotatable bonds is 8. The second-order valence-corrected chi connectivity index (χ2v) is 5.01. The molecule has 0 saturated heterocycles. The molecule has 1 fully saturated rings. The maximum atomic E-state index is 11.5. The van der Waals surface area contributed by atoms with Crippen LogP contribution in [-0.4, -0.2) is 43.5 Å². The second kappa shape index (κ2) is 8.48. The highest BCUT2D eigenvalue weighted by Crippen LogP contribution is 2.21. The van der Waals surface area contributed by atoms with Crippen LogP contribution in [0.4, 0.5) is 0 Å². The topological polar surface area (TPSA) is 58.4 Å². The summed E-state index contributed by atoms with van der Waals surface area (Å²) in [5.74, 6) is 0.165. The molecule has 100 valence electrons. The van der Waals surface area contributed by atoms with Crippen LogP contribution in [0.5, 0.6) is 0 Å². The van der Waals surface area contributed by atoms with Crippen LogP contribution >= 0.6 is 0 Å². The third kappa shape index (κ3) is 6.03. The first-order valence-corrected chi connectivity index (χ1v) is 6.91. The first-order chi connectivity index (χ1) is 8.24. The summed E-state index contributed by atoms with van der Waals surface area (Å²) in [5.41, 5.74) is 5.39. The molecule has 1 amide bonds. The van der Waals surface area contributed by atoms with Crippen LogP contribution in [0.2, 0.25) is 0 Å². The van der Waals surface area contributed by atoms with Crippen molar-refractivity contribution < 1.29 is 4.79 Å². The molecule has 0 aliphatic heterocycles. The van der Waals surface area contributed by atoms with Gasteiger partial charge in [-0.25, -0.2) is 0 Å². The molecule has 0 bridgehead atoms. The normalized spacial score (nSPS) is 16.6. The average Bonchev–Trinajstić information content (AvgIpc) is 2.82. The Bertz CT molecular complexity index is 215. The van der Waals surface area contributed by atoms with E-state index in [1.165, 1.54) is 25.7 Å². The Balaban J connectivity index is 2.00. The van der Waals surface area contributed by atoms with Crippen LogP contribution in [0, 0.1) is 0 Å². The van der Waals surface area contributed by atoms with Crippen molar-refractivity contribution in [3.8, 4) is 0 Å². The Labute approximate surface area is 105 Å². The SMILES string of the molecule is CN(CCNC(=O)CCCCN)C1CCCC1. The summed E-state index contributed by atoms with van der Waals surface area (Å²) >= 11 is 0. The van der Waals surface area contributed by atoms with Crippen LogP contribution in [-0.2, 0) is 4.79 Å². The maximum Gasteiger partial charge on any atom is 0.220 e. The predicted molar refractivity (Wildman–Crippen MR) is 70.8 cm³/mol. The number of hydrogen-bond donors (Lipinski definition) is 2. The van der Waals surface area contributed by atoms with Gasteiger partial charge in [0.1, 0.15) is 0 Å². The number of carbonyl (C=O) groups excluding carboxylic acids is 1. The van der Waals surface area contributed by atoms with Crippen molar-refractivity contribution in [1.82, 2.24) is 10.2 Å². The lowest BCUT2D eigenvalue weighted by Crippen LogP contribution is -2.37. The van der Waals surface area contributed by atoms with Crippen molar-refractivity contribution in [3.05, 3.63) is 0 Å². The highest BCUT2D eigenvalue weighted by molar-refractivity contribution is 5.75. The lowest BCUT2D eigenvalue weighted by atomic mass is 10.2. The number of hydrogen-bond acceptors (Lipinski definition) is 3. The predicted octanol–water partition coefficient (Wildman–Crippen LogP) is 1.11. The highest BCUT2D eigenvalue weighted by Gasteiger charge is 2.18. The van der Waals surface area contributed by atoms with Crippen molar-refractivity contribution in [2.75, 3.05) is 26.7 Å². The zero-order valence-corrected chi connectivity index (χ0v) is 11.1. The van der Waals surface area contributed by atoms with E-state index in [2.05, 4.69) is 17.3 Å². The van der Waals surface area contributed by atoms with Crippen LogP contribution in [0.15, 0.2) is 0 Å². The Kier molecular flexibility index (Phi) is 7.21. The Morgan fingerprint density at radius 2 is 2.06 bits per heavy atom. The molecular weight excluding hydrogens is 214 g/mol. The molecular formula is C13H27N3O. The van der Waals surface area contributed by atoms with Gasteiger partial charge in [0.25, 0.3) is 0 Å². The third-order valence-corrected chi connectivity index (χ3v) is 3.59. The second-order valence-electron chi connectivity index (χ2n) is 5.01. The van der Waals surface area contributed by atoms with Gasteiger partial charge in [0.15, 0.2) is 0 Å². The Morgan fingerprint density at radius 3 is 2.71 bits per heavy atom. The summed E-state index contributed by atoms with van der Waals surface area (Å²) in [6.45, 7) is 2.42. The van der Waals surface area contributed by atoms with E-state index < -0.39 is 0 Å². The summed E-state index contributed by atoms with van der Waals surface area (Å²) < 4.78 is 0. The number of unbranched alkanes of at least 4 members (excludes halogenated alkanes) is 1. The van der Waals surface area contributed by atoms with Gasteiger partial charge in [-0.3, -0.25) is 4.79 Å². The first kappa shape index (κ1) is 14.5. The van der Waals surface area contributed by atoms with Gasteiger partial charge in [-0.15, -0.1) is 0 Å². The molecule has 3 N–H and O–H groups in total. The van der Waals surface area contributed by atoms with Crippen molar-refractivity contribution >= 4 is 5.91 Å². The summed E-state index contributed by atoms with van der Waals surface area (Å²) in [5, 5.41) is 2.97. The zero-order chi connectivity index (χ0) is 12.5. The quantitative estimate of drug-likeness (QED) is 0.626. The maximum absolute atomic E-state index is 11.5. The summed E-state index contributed by atoms with van der Waals surface area (Å²) in [6.07, 6.45) is 7.82. The van der Waals surface area contributed by atoms with Crippen LogP contribution in [0.25, 0.3) is 0 Å². The van der Waals surface area contributed by atoms with Gasteiger partial charge in [0.2, 0.25) is 5.91 Å². The third-order valence-electron chi connectivity index (χ3n) is 3.59. The fraction of sp³-hybridized carbons (Fsp3) is 0.923. The average molecular weight is 241 g/mol. The molecule has 0 spiro atoms. The molecule has 1 aliphatic rings. The van der Waals surface area contributed by atoms with E-state index in [4.69, 9.17) is 5.73 Å². The van der Waals surface area contributed by atoms with E-state index in [0.717, 1.165) is 32.0 Å². The number of likely N-dealkylation sites (N-methyl/N-ethyl adjacent to an activating group) is 1. The van der Waals surface area contributed by atoms with Gasteiger partial charge < -0.3 is 16.0 Å². The molecule has 17 heavy (non-hydrogen) atoms. The van der Waals surface area contributed by atoms with Crippen molar-refractivity contribution in [3.63, 3.8) is 0 Å². The molecule has 0 atom stereocenters. The largest absolute Gasteiger partial charge is 0.355 e. The van der Waals surface area contributed by atoms with Gasteiger partial charge in [-0.05, 0) is 39.3 Å². The smallest absolute Gasteiger partial charge is 0.220 e. The summed E-state index contributed by atoms with van der Waals surface area (Å²) in [7, 11) is 2.16. The number of nitrogens with two attached hydrogens (primary N) is 1. The van der Waals surface area contributed by atoms with E-state index >= 15 is 0 Å². The lowest BCUT2D eigenvalue weighted by molar-refractivity contribution is -0.121. The fourth-order valence-electron chi connectivity index (χ4n) is 2.42. The zero-order valence-electron chi connectivity index (χ0n) is 11.1. The van der Waals surface area contributed by atoms with Gasteiger partial charge in [0, 0.05) is 25.6 Å². The fourth-order valence-corrected chi connectivity index (χ4v) is 2.42. The summed E-state index contributed by atoms with van der Waals surface area (Å²) in [4.78, 5) is 13.8.